The number of halogens is 2. The number of rotatable bonds is 6. The minimum atomic E-state index is -0.259. The van der Waals surface area contributed by atoms with Crippen LogP contribution in [-0.4, -0.2) is 16.3 Å². The van der Waals surface area contributed by atoms with Crippen molar-refractivity contribution in [2.75, 3.05) is 6.54 Å². The Morgan fingerprint density at radius 2 is 2.10 bits per heavy atom. The van der Waals surface area contributed by atoms with Gasteiger partial charge in [0.2, 0.25) is 0 Å². The molecule has 0 aliphatic heterocycles. The van der Waals surface area contributed by atoms with E-state index in [0.29, 0.717) is 11.4 Å². The number of nitrogens with zero attached hydrogens (tertiary/aromatic N) is 2. The highest BCUT2D eigenvalue weighted by molar-refractivity contribution is 6.31. The minimum absolute atomic E-state index is 0.0652. The van der Waals surface area contributed by atoms with E-state index < -0.39 is 0 Å². The van der Waals surface area contributed by atoms with Crippen molar-refractivity contribution in [2.24, 2.45) is 0 Å². The van der Waals surface area contributed by atoms with E-state index in [1.165, 1.54) is 12.1 Å². The van der Waals surface area contributed by atoms with Gasteiger partial charge in [0.15, 0.2) is 0 Å². The maximum absolute atomic E-state index is 13.4. The van der Waals surface area contributed by atoms with Gasteiger partial charge in [0.05, 0.1) is 17.4 Å². The molecular formula is C16H21ClFN3. The summed E-state index contributed by atoms with van der Waals surface area (Å²) in [4.78, 5) is 0. The first-order chi connectivity index (χ1) is 10.0. The number of aromatic nitrogens is 2. The molecule has 1 N–H and O–H groups in total. The first-order valence-corrected chi connectivity index (χ1v) is 7.64. The lowest BCUT2D eigenvalue weighted by molar-refractivity contribution is 0.489. The third kappa shape index (κ3) is 3.83. The number of hydrogen-bond donors (Lipinski definition) is 1. The van der Waals surface area contributed by atoms with Crippen LogP contribution in [-0.2, 0) is 13.0 Å². The predicted molar refractivity (Wildman–Crippen MR) is 84.2 cm³/mol. The van der Waals surface area contributed by atoms with Gasteiger partial charge in [0.1, 0.15) is 5.82 Å². The van der Waals surface area contributed by atoms with Crippen LogP contribution in [0.4, 0.5) is 4.39 Å². The van der Waals surface area contributed by atoms with Gasteiger partial charge in [-0.15, -0.1) is 0 Å². The fourth-order valence-corrected chi connectivity index (χ4v) is 2.74. The molecule has 5 heteroatoms. The Morgan fingerprint density at radius 3 is 2.76 bits per heavy atom. The van der Waals surface area contributed by atoms with E-state index in [0.717, 1.165) is 30.0 Å². The first-order valence-electron chi connectivity index (χ1n) is 7.26. The van der Waals surface area contributed by atoms with Gasteiger partial charge in [-0.05, 0) is 56.6 Å². The van der Waals surface area contributed by atoms with E-state index in [-0.39, 0.29) is 11.9 Å². The van der Waals surface area contributed by atoms with Crippen molar-refractivity contribution < 1.29 is 4.39 Å². The molecule has 114 valence electrons. The van der Waals surface area contributed by atoms with Crippen LogP contribution < -0.4 is 5.32 Å². The lowest BCUT2D eigenvalue weighted by Gasteiger charge is -2.20. The van der Waals surface area contributed by atoms with Crippen molar-refractivity contribution in [1.82, 2.24) is 15.1 Å². The van der Waals surface area contributed by atoms with Crippen molar-refractivity contribution in [3.8, 4) is 0 Å². The normalized spacial score (nSPS) is 12.6. The summed E-state index contributed by atoms with van der Waals surface area (Å²) < 4.78 is 15.4. The number of aryl methyl sites for hydroxylation is 2. The second-order valence-electron chi connectivity index (χ2n) is 5.08. The standard InChI is InChI=1S/C16H21ClFN3/c1-4-19-15(16-8-11(3)20-21(16)5-2)10-12-9-13(18)6-7-14(12)17/h6-9,15,19H,4-5,10H2,1-3H3. The number of likely N-dealkylation sites (N-methyl/N-ethyl adjacent to an activating group) is 1. The highest BCUT2D eigenvalue weighted by Crippen LogP contribution is 2.25. The van der Waals surface area contributed by atoms with E-state index in [4.69, 9.17) is 11.6 Å². The largest absolute Gasteiger partial charge is 0.309 e. The molecule has 0 aliphatic carbocycles. The molecule has 1 heterocycles. The average molecular weight is 310 g/mol. The van der Waals surface area contributed by atoms with E-state index in [9.17, 15) is 4.39 Å². The van der Waals surface area contributed by atoms with Crippen LogP contribution in [0.2, 0.25) is 5.02 Å². The van der Waals surface area contributed by atoms with Crippen molar-refractivity contribution >= 4 is 11.6 Å². The maximum atomic E-state index is 13.4. The zero-order valence-electron chi connectivity index (χ0n) is 12.7. The Kier molecular flexibility index (Phi) is 5.37. The average Bonchev–Trinajstić information content (AvgIpc) is 2.83. The molecule has 1 unspecified atom stereocenters. The molecule has 0 radical (unpaired) electrons. The molecule has 0 saturated heterocycles. The molecule has 0 spiro atoms. The first kappa shape index (κ1) is 16.0. The molecule has 1 aromatic heterocycles. The minimum Gasteiger partial charge on any atom is -0.309 e. The number of benzene rings is 1. The summed E-state index contributed by atoms with van der Waals surface area (Å²) in [5.41, 5.74) is 2.90. The van der Waals surface area contributed by atoms with Crippen LogP contribution in [0.3, 0.4) is 0 Å². The SMILES string of the molecule is CCNC(Cc1cc(F)ccc1Cl)c1cc(C)nn1CC. The Morgan fingerprint density at radius 1 is 1.33 bits per heavy atom. The Labute approximate surface area is 130 Å². The van der Waals surface area contributed by atoms with E-state index in [2.05, 4.69) is 30.3 Å². The lowest BCUT2D eigenvalue weighted by Crippen LogP contribution is -2.25. The second kappa shape index (κ2) is 7.05. The Bertz CT molecular complexity index is 610. The summed E-state index contributed by atoms with van der Waals surface area (Å²) >= 11 is 6.19. The molecular weight excluding hydrogens is 289 g/mol. The topological polar surface area (TPSA) is 29.9 Å². The summed E-state index contributed by atoms with van der Waals surface area (Å²) in [6, 6.07) is 6.64. The van der Waals surface area contributed by atoms with Crippen molar-refractivity contribution in [2.45, 2.75) is 39.8 Å². The van der Waals surface area contributed by atoms with E-state index >= 15 is 0 Å². The molecule has 2 rings (SSSR count). The zero-order valence-corrected chi connectivity index (χ0v) is 13.4. The van der Waals surface area contributed by atoms with Crippen LogP contribution in [0.25, 0.3) is 0 Å². The molecule has 3 nitrogen and oxygen atoms in total. The number of nitrogens with one attached hydrogen (secondary N) is 1. The molecule has 0 aliphatic rings. The smallest absolute Gasteiger partial charge is 0.123 e. The van der Waals surface area contributed by atoms with E-state index in [1.54, 1.807) is 6.07 Å². The van der Waals surface area contributed by atoms with Crippen LogP contribution in [0.5, 0.6) is 0 Å². The van der Waals surface area contributed by atoms with Crippen LogP contribution in [0.1, 0.15) is 36.8 Å². The van der Waals surface area contributed by atoms with Gasteiger partial charge in [-0.3, -0.25) is 4.68 Å². The molecule has 1 aromatic carbocycles. The summed E-state index contributed by atoms with van der Waals surface area (Å²) in [7, 11) is 0. The fraction of sp³-hybridized carbons (Fsp3) is 0.438. The molecule has 2 aromatic rings. The third-order valence-corrected chi connectivity index (χ3v) is 3.84. The number of hydrogen-bond acceptors (Lipinski definition) is 2. The zero-order chi connectivity index (χ0) is 15.4. The van der Waals surface area contributed by atoms with Gasteiger partial charge < -0.3 is 5.32 Å². The highest BCUT2D eigenvalue weighted by Gasteiger charge is 2.18. The van der Waals surface area contributed by atoms with Crippen LogP contribution in [0, 0.1) is 12.7 Å². The van der Waals surface area contributed by atoms with Gasteiger partial charge in [-0.1, -0.05) is 18.5 Å². The van der Waals surface area contributed by atoms with Gasteiger partial charge >= 0.3 is 0 Å². The fourth-order valence-electron chi connectivity index (χ4n) is 2.55. The lowest BCUT2D eigenvalue weighted by atomic mass is 10.0. The van der Waals surface area contributed by atoms with Gasteiger partial charge in [-0.2, -0.15) is 5.10 Å². The molecule has 0 saturated carbocycles. The Hall–Kier alpha value is -1.39. The van der Waals surface area contributed by atoms with Gasteiger partial charge in [0, 0.05) is 11.6 Å². The van der Waals surface area contributed by atoms with Crippen molar-refractivity contribution in [3.63, 3.8) is 0 Å². The second-order valence-corrected chi connectivity index (χ2v) is 5.48. The monoisotopic (exact) mass is 309 g/mol. The Balaban J connectivity index is 2.32. The summed E-state index contributed by atoms with van der Waals surface area (Å²) in [6.07, 6.45) is 0.634. The molecule has 0 bridgehead atoms. The predicted octanol–water partition coefficient (Wildman–Crippen LogP) is 3.90. The quantitative estimate of drug-likeness (QED) is 0.877. The summed E-state index contributed by atoms with van der Waals surface area (Å²) in [5, 5.41) is 8.52. The molecule has 1 atom stereocenters. The van der Waals surface area contributed by atoms with Crippen molar-refractivity contribution in [3.05, 3.63) is 52.1 Å². The maximum Gasteiger partial charge on any atom is 0.123 e. The van der Waals surface area contributed by atoms with Crippen LogP contribution in [0.15, 0.2) is 24.3 Å². The summed E-state index contributed by atoms with van der Waals surface area (Å²) in [5.74, 6) is -0.259. The third-order valence-electron chi connectivity index (χ3n) is 3.47. The summed E-state index contributed by atoms with van der Waals surface area (Å²) in [6.45, 7) is 7.73. The molecule has 21 heavy (non-hydrogen) atoms. The van der Waals surface area contributed by atoms with Crippen LogP contribution >= 0.6 is 11.6 Å². The molecule has 0 amide bonds. The van der Waals surface area contributed by atoms with Crippen molar-refractivity contribution in [1.29, 1.82) is 0 Å². The van der Waals surface area contributed by atoms with E-state index in [1.807, 2.05) is 11.6 Å². The highest BCUT2D eigenvalue weighted by atomic mass is 35.5. The molecule has 0 fully saturated rings. The van der Waals surface area contributed by atoms with Gasteiger partial charge in [0.25, 0.3) is 0 Å². The van der Waals surface area contributed by atoms with Gasteiger partial charge in [-0.25, -0.2) is 4.39 Å².